The van der Waals surface area contributed by atoms with Crippen molar-refractivity contribution in [2.75, 3.05) is 4.72 Å². The highest BCUT2D eigenvalue weighted by molar-refractivity contribution is 7.92. The number of sulfonamides is 1. The molecule has 0 aliphatic carbocycles. The zero-order chi connectivity index (χ0) is 14.9. The minimum atomic E-state index is -4.07. The highest BCUT2D eigenvalue weighted by Crippen LogP contribution is 2.22. The van der Waals surface area contributed by atoms with Crippen molar-refractivity contribution in [3.05, 3.63) is 52.8 Å². The molecule has 1 aromatic heterocycles. The molecule has 0 atom stereocenters. The van der Waals surface area contributed by atoms with Crippen molar-refractivity contribution in [2.45, 2.75) is 11.8 Å². The van der Waals surface area contributed by atoms with Crippen molar-refractivity contribution < 1.29 is 17.2 Å². The van der Waals surface area contributed by atoms with Crippen LogP contribution < -0.4 is 4.72 Å². The molecule has 1 aromatic carbocycles. The molecule has 2 aromatic rings. The SMILES string of the molecule is Cc1cc(S(=O)(=O)Nc2cccc(F)c2F)cnc1Cl. The molecule has 0 fully saturated rings. The molecule has 0 aliphatic rings. The van der Waals surface area contributed by atoms with Crippen molar-refractivity contribution in [2.24, 2.45) is 0 Å². The van der Waals surface area contributed by atoms with Crippen molar-refractivity contribution >= 4 is 27.3 Å². The molecule has 8 heteroatoms. The van der Waals surface area contributed by atoms with Gasteiger partial charge >= 0.3 is 0 Å². The van der Waals surface area contributed by atoms with Gasteiger partial charge in [-0.15, -0.1) is 0 Å². The summed E-state index contributed by atoms with van der Waals surface area (Å²) in [6.07, 6.45) is 1.04. The quantitative estimate of drug-likeness (QED) is 0.885. The van der Waals surface area contributed by atoms with Gasteiger partial charge in [-0.3, -0.25) is 4.72 Å². The first-order valence-corrected chi connectivity index (χ1v) is 7.26. The Hall–Kier alpha value is -1.73. The van der Waals surface area contributed by atoms with Gasteiger partial charge in [-0.1, -0.05) is 17.7 Å². The van der Waals surface area contributed by atoms with Gasteiger partial charge in [0.25, 0.3) is 10.0 Å². The second kappa shape index (κ2) is 5.34. The summed E-state index contributed by atoms with van der Waals surface area (Å²) >= 11 is 5.70. The van der Waals surface area contributed by atoms with Crippen molar-refractivity contribution in [1.29, 1.82) is 0 Å². The van der Waals surface area contributed by atoms with Crippen LogP contribution in [0.15, 0.2) is 35.4 Å². The number of hydrogen-bond donors (Lipinski definition) is 1. The summed E-state index contributed by atoms with van der Waals surface area (Å²) in [5.41, 5.74) is -0.0214. The molecule has 0 saturated heterocycles. The lowest BCUT2D eigenvalue weighted by atomic mass is 10.3. The van der Waals surface area contributed by atoms with Gasteiger partial charge in [-0.2, -0.15) is 0 Å². The Morgan fingerprint density at radius 3 is 2.65 bits per heavy atom. The third kappa shape index (κ3) is 2.88. The first kappa shape index (κ1) is 14.7. The van der Waals surface area contributed by atoms with Crippen molar-refractivity contribution in [3.8, 4) is 0 Å². The van der Waals surface area contributed by atoms with Gasteiger partial charge < -0.3 is 0 Å². The fraction of sp³-hybridized carbons (Fsp3) is 0.0833. The van der Waals surface area contributed by atoms with Crippen LogP contribution in [-0.2, 0) is 10.0 Å². The summed E-state index contributed by atoms with van der Waals surface area (Å²) in [4.78, 5) is 3.51. The smallest absolute Gasteiger partial charge is 0.263 e. The molecule has 4 nitrogen and oxygen atoms in total. The summed E-state index contributed by atoms with van der Waals surface area (Å²) in [5.74, 6) is -2.41. The van der Waals surface area contributed by atoms with Gasteiger partial charge in [0.05, 0.1) is 5.69 Å². The number of rotatable bonds is 3. The van der Waals surface area contributed by atoms with E-state index in [1.165, 1.54) is 12.1 Å². The molecular weight excluding hydrogens is 310 g/mol. The number of aromatic nitrogens is 1. The average molecular weight is 319 g/mol. The lowest BCUT2D eigenvalue weighted by Crippen LogP contribution is -2.15. The van der Waals surface area contributed by atoms with E-state index in [0.717, 1.165) is 18.3 Å². The van der Waals surface area contributed by atoms with E-state index >= 15 is 0 Å². The zero-order valence-corrected chi connectivity index (χ0v) is 11.8. The number of nitrogens with one attached hydrogen (secondary N) is 1. The Balaban J connectivity index is 2.41. The predicted molar refractivity (Wildman–Crippen MR) is 71.2 cm³/mol. The van der Waals surface area contributed by atoms with Crippen LogP contribution in [0.4, 0.5) is 14.5 Å². The highest BCUT2D eigenvalue weighted by atomic mass is 35.5. The molecule has 0 amide bonds. The van der Waals surface area contributed by atoms with Crippen LogP contribution in [0, 0.1) is 18.6 Å². The fourth-order valence-corrected chi connectivity index (χ4v) is 2.66. The van der Waals surface area contributed by atoms with Crippen LogP contribution in [0.2, 0.25) is 5.15 Å². The molecule has 2 rings (SSSR count). The molecule has 0 aliphatic heterocycles. The monoisotopic (exact) mass is 318 g/mol. The van der Waals surface area contributed by atoms with E-state index in [2.05, 4.69) is 4.98 Å². The van der Waals surface area contributed by atoms with E-state index < -0.39 is 27.3 Å². The second-order valence-electron chi connectivity index (χ2n) is 3.99. The number of aryl methyl sites for hydroxylation is 1. The maximum Gasteiger partial charge on any atom is 0.263 e. The molecule has 1 heterocycles. The van der Waals surface area contributed by atoms with Crippen LogP contribution in [-0.4, -0.2) is 13.4 Å². The second-order valence-corrected chi connectivity index (χ2v) is 6.03. The highest BCUT2D eigenvalue weighted by Gasteiger charge is 2.19. The molecule has 106 valence electrons. The first-order valence-electron chi connectivity index (χ1n) is 5.40. The molecule has 1 N–H and O–H groups in total. The standard InChI is InChI=1S/C12H9ClF2N2O2S/c1-7-5-8(6-16-12(7)13)20(18,19)17-10-4-2-3-9(14)11(10)15/h2-6,17H,1H3. The van der Waals surface area contributed by atoms with Crippen LogP contribution in [0.3, 0.4) is 0 Å². The van der Waals surface area contributed by atoms with E-state index in [0.29, 0.717) is 5.56 Å². The van der Waals surface area contributed by atoms with E-state index in [-0.39, 0.29) is 10.0 Å². The minimum Gasteiger partial charge on any atom is -0.276 e. The Morgan fingerprint density at radius 2 is 2.00 bits per heavy atom. The lowest BCUT2D eigenvalue weighted by molar-refractivity contribution is 0.511. The number of halogens is 3. The van der Waals surface area contributed by atoms with E-state index in [9.17, 15) is 17.2 Å². The Labute approximate surface area is 119 Å². The largest absolute Gasteiger partial charge is 0.276 e. The topological polar surface area (TPSA) is 59.1 Å². The summed E-state index contributed by atoms with van der Waals surface area (Å²) < 4.78 is 52.5. The average Bonchev–Trinajstić information content (AvgIpc) is 2.38. The minimum absolute atomic E-state index is 0.167. The third-order valence-electron chi connectivity index (χ3n) is 2.50. The number of pyridine rings is 1. The maximum atomic E-state index is 13.5. The Kier molecular flexibility index (Phi) is 3.92. The summed E-state index contributed by atoms with van der Waals surface area (Å²) in [6.45, 7) is 1.58. The van der Waals surface area contributed by atoms with Gasteiger partial charge in [0.15, 0.2) is 11.6 Å². The van der Waals surface area contributed by atoms with Crippen LogP contribution in [0.5, 0.6) is 0 Å². The summed E-state index contributed by atoms with van der Waals surface area (Å²) in [5, 5.41) is 0.167. The van der Waals surface area contributed by atoms with Gasteiger partial charge in [0.2, 0.25) is 0 Å². The Bertz CT molecular complexity index is 766. The number of benzene rings is 1. The van der Waals surface area contributed by atoms with E-state index in [1.807, 2.05) is 4.72 Å². The maximum absolute atomic E-state index is 13.5. The van der Waals surface area contributed by atoms with Gasteiger partial charge in [-0.05, 0) is 30.7 Å². The number of hydrogen-bond acceptors (Lipinski definition) is 3. The fourth-order valence-electron chi connectivity index (χ4n) is 1.47. The zero-order valence-electron chi connectivity index (χ0n) is 10.2. The van der Waals surface area contributed by atoms with Crippen molar-refractivity contribution in [3.63, 3.8) is 0 Å². The molecule has 0 spiro atoms. The van der Waals surface area contributed by atoms with Crippen molar-refractivity contribution in [1.82, 2.24) is 4.98 Å². The molecule has 0 saturated carbocycles. The molecule has 0 radical (unpaired) electrons. The lowest BCUT2D eigenvalue weighted by Gasteiger charge is -2.09. The van der Waals surface area contributed by atoms with E-state index in [4.69, 9.17) is 11.6 Å². The predicted octanol–water partition coefficient (Wildman–Crippen LogP) is 3.12. The van der Waals surface area contributed by atoms with Crippen LogP contribution in [0.25, 0.3) is 0 Å². The number of anilines is 1. The molecule has 0 bridgehead atoms. The van der Waals surface area contributed by atoms with Crippen LogP contribution in [0.1, 0.15) is 5.56 Å². The van der Waals surface area contributed by atoms with E-state index in [1.54, 1.807) is 6.92 Å². The van der Waals surface area contributed by atoms with Crippen LogP contribution >= 0.6 is 11.6 Å². The van der Waals surface area contributed by atoms with Gasteiger partial charge in [0, 0.05) is 6.20 Å². The Morgan fingerprint density at radius 1 is 1.30 bits per heavy atom. The number of nitrogens with zero attached hydrogens (tertiary/aromatic N) is 1. The summed E-state index contributed by atoms with van der Waals surface area (Å²) in [6, 6.07) is 4.49. The molecule has 0 unspecified atom stereocenters. The third-order valence-corrected chi connectivity index (χ3v) is 4.22. The molecule has 20 heavy (non-hydrogen) atoms. The van der Waals surface area contributed by atoms with Gasteiger partial charge in [-0.25, -0.2) is 22.2 Å². The normalized spacial score (nSPS) is 11.4. The molecular formula is C12H9ClF2N2O2S. The summed E-state index contributed by atoms with van der Waals surface area (Å²) in [7, 11) is -4.07. The van der Waals surface area contributed by atoms with Gasteiger partial charge in [0.1, 0.15) is 10.0 Å². The first-order chi connectivity index (χ1) is 9.31.